The van der Waals surface area contributed by atoms with Crippen LogP contribution in [0.5, 0.6) is 0 Å². The molecular weight excluding hydrogens is 523 g/mol. The summed E-state index contributed by atoms with van der Waals surface area (Å²) >= 11 is 6.01. The molecule has 0 N–H and O–H groups in total. The second kappa shape index (κ2) is 10.6. The van der Waals surface area contributed by atoms with Gasteiger partial charge in [0.1, 0.15) is 17.7 Å². The number of amides is 2. The molecule has 4 rings (SSSR count). The van der Waals surface area contributed by atoms with Gasteiger partial charge in [-0.25, -0.2) is 9.59 Å². The van der Waals surface area contributed by atoms with Gasteiger partial charge in [0.2, 0.25) is 0 Å². The number of carbonyl (C=O) groups excluding carboxylic acids is 2. The van der Waals surface area contributed by atoms with Gasteiger partial charge >= 0.3 is 18.4 Å². The molecule has 3 atom stereocenters. The van der Waals surface area contributed by atoms with Gasteiger partial charge in [-0.15, -0.1) is 0 Å². The minimum Gasteiger partial charge on any atom is -0.444 e. The summed E-state index contributed by atoms with van der Waals surface area (Å²) in [7, 11) is 1.69. The third-order valence-electron chi connectivity index (χ3n) is 6.65. The fourth-order valence-corrected chi connectivity index (χ4v) is 4.96. The van der Waals surface area contributed by atoms with Crippen LogP contribution in [0, 0.1) is 0 Å². The van der Waals surface area contributed by atoms with E-state index in [-0.39, 0.29) is 12.6 Å². The summed E-state index contributed by atoms with van der Waals surface area (Å²) in [4.78, 5) is 30.6. The fourth-order valence-electron chi connectivity index (χ4n) is 4.83. The fraction of sp³-hybridized carbons (Fsp3) is 0.481. The summed E-state index contributed by atoms with van der Waals surface area (Å²) in [5.41, 5.74) is -0.643. The average Bonchev–Trinajstić information content (AvgIpc) is 3.42. The number of rotatable bonds is 5. The number of carbonyl (C=O) groups is 2. The van der Waals surface area contributed by atoms with E-state index >= 15 is 0 Å². The maximum Gasteiger partial charge on any atom is 0.416 e. The molecule has 2 aliphatic heterocycles. The van der Waals surface area contributed by atoms with E-state index in [0.717, 1.165) is 12.1 Å². The number of hydrogen-bond donors (Lipinski definition) is 0. The highest BCUT2D eigenvalue weighted by Crippen LogP contribution is 2.40. The van der Waals surface area contributed by atoms with Crippen LogP contribution in [0.4, 0.5) is 28.4 Å². The summed E-state index contributed by atoms with van der Waals surface area (Å²) in [6.07, 6.45) is -5.67. The standard InChI is InChI=1S/C27H31ClF3N3O4/c1-26(2,3)38-24(35)32(4)21-12-13-33(15-21)16-22-23(17-6-5-7-18(14-17)27(29,30)31)34(25(36)37-22)20-10-8-19(28)9-11-20/h5-11,14,21-23H,12-13,15-16H2,1-4H3/t21?,22-,23-/m0/s1. The average molecular weight is 554 g/mol. The number of likely N-dealkylation sites (tertiary alicyclic amines) is 1. The van der Waals surface area contributed by atoms with Gasteiger partial charge in [-0.1, -0.05) is 23.7 Å². The van der Waals surface area contributed by atoms with Gasteiger partial charge in [0.05, 0.1) is 5.56 Å². The summed E-state index contributed by atoms with van der Waals surface area (Å²) in [6, 6.07) is 10.5. The van der Waals surface area contributed by atoms with Crippen molar-refractivity contribution < 1.29 is 32.2 Å². The minimum atomic E-state index is -4.53. The second-order valence-corrected chi connectivity index (χ2v) is 11.1. The molecule has 2 aromatic rings. The number of halogens is 4. The quantitative estimate of drug-likeness (QED) is 0.431. The molecule has 2 fully saturated rings. The Morgan fingerprint density at radius 2 is 1.84 bits per heavy atom. The molecule has 1 unspecified atom stereocenters. The predicted molar refractivity (Wildman–Crippen MR) is 137 cm³/mol. The molecule has 0 saturated carbocycles. The molecule has 11 heteroatoms. The van der Waals surface area contributed by atoms with Crippen molar-refractivity contribution in [3.05, 3.63) is 64.7 Å². The van der Waals surface area contributed by atoms with Gasteiger partial charge in [-0.05, 0) is 69.2 Å². The molecule has 2 saturated heterocycles. The minimum absolute atomic E-state index is 0.110. The van der Waals surface area contributed by atoms with Crippen LogP contribution in [0.25, 0.3) is 0 Å². The van der Waals surface area contributed by atoms with Gasteiger partial charge in [0, 0.05) is 43.4 Å². The molecule has 2 amide bonds. The molecule has 7 nitrogen and oxygen atoms in total. The van der Waals surface area contributed by atoms with Crippen LogP contribution in [0.1, 0.15) is 44.4 Å². The molecule has 2 heterocycles. The molecule has 0 aliphatic carbocycles. The zero-order valence-corrected chi connectivity index (χ0v) is 22.4. The first-order valence-electron chi connectivity index (χ1n) is 12.3. The molecule has 0 bridgehead atoms. The third kappa shape index (κ3) is 6.35. The topological polar surface area (TPSA) is 62.3 Å². The van der Waals surface area contributed by atoms with Crippen molar-refractivity contribution in [2.24, 2.45) is 0 Å². The number of ether oxygens (including phenoxy) is 2. The normalized spacial score (nSPS) is 22.5. The zero-order chi connectivity index (χ0) is 27.8. The lowest BCUT2D eigenvalue weighted by atomic mass is 9.97. The monoisotopic (exact) mass is 553 g/mol. The first-order valence-corrected chi connectivity index (χ1v) is 12.7. The first-order chi connectivity index (χ1) is 17.7. The Balaban J connectivity index is 1.57. The molecule has 206 valence electrons. The predicted octanol–water partition coefficient (Wildman–Crippen LogP) is 6.37. The van der Waals surface area contributed by atoms with E-state index in [1.807, 2.05) is 0 Å². The Kier molecular flexibility index (Phi) is 7.86. The number of alkyl halides is 3. The van der Waals surface area contributed by atoms with E-state index in [0.29, 0.717) is 35.8 Å². The number of hydrogen-bond acceptors (Lipinski definition) is 5. The van der Waals surface area contributed by atoms with Crippen LogP contribution in [0.15, 0.2) is 48.5 Å². The van der Waals surface area contributed by atoms with E-state index in [1.54, 1.807) is 63.1 Å². The van der Waals surface area contributed by atoms with E-state index in [4.69, 9.17) is 21.1 Å². The molecule has 0 spiro atoms. The van der Waals surface area contributed by atoms with Crippen LogP contribution in [-0.4, -0.2) is 66.4 Å². The maximum atomic E-state index is 13.5. The molecule has 38 heavy (non-hydrogen) atoms. The largest absolute Gasteiger partial charge is 0.444 e. The van der Waals surface area contributed by atoms with Gasteiger partial charge in [-0.3, -0.25) is 9.80 Å². The third-order valence-corrected chi connectivity index (χ3v) is 6.91. The zero-order valence-electron chi connectivity index (χ0n) is 21.7. The van der Waals surface area contributed by atoms with Crippen molar-refractivity contribution in [3.63, 3.8) is 0 Å². The number of likely N-dealkylation sites (N-methyl/N-ethyl adjacent to an activating group) is 1. The van der Waals surface area contributed by atoms with Crippen molar-refractivity contribution in [2.75, 3.05) is 31.6 Å². The van der Waals surface area contributed by atoms with Crippen molar-refractivity contribution in [1.29, 1.82) is 0 Å². The summed E-state index contributed by atoms with van der Waals surface area (Å²) in [5.74, 6) is 0. The van der Waals surface area contributed by atoms with Crippen molar-refractivity contribution in [3.8, 4) is 0 Å². The number of cyclic esters (lactones) is 1. The molecule has 2 aliphatic rings. The number of nitrogens with zero attached hydrogens (tertiary/aromatic N) is 3. The molecular formula is C27H31ClF3N3O4. The summed E-state index contributed by atoms with van der Waals surface area (Å²) in [6.45, 7) is 6.83. The Hall–Kier alpha value is -2.98. The second-order valence-electron chi connectivity index (χ2n) is 10.6. The Morgan fingerprint density at radius 3 is 2.47 bits per heavy atom. The Labute approximate surface area is 225 Å². The highest BCUT2D eigenvalue weighted by molar-refractivity contribution is 6.30. The van der Waals surface area contributed by atoms with Gasteiger partial charge in [0.25, 0.3) is 0 Å². The summed E-state index contributed by atoms with van der Waals surface area (Å²) in [5, 5.41) is 0.464. The van der Waals surface area contributed by atoms with E-state index in [1.165, 1.54) is 11.0 Å². The van der Waals surface area contributed by atoms with Gasteiger partial charge < -0.3 is 14.4 Å². The highest BCUT2D eigenvalue weighted by atomic mass is 35.5. The smallest absolute Gasteiger partial charge is 0.416 e. The molecule has 0 aromatic heterocycles. The maximum absolute atomic E-state index is 13.5. The Bertz CT molecular complexity index is 1170. The van der Waals surface area contributed by atoms with E-state index in [2.05, 4.69) is 4.90 Å². The summed E-state index contributed by atoms with van der Waals surface area (Å²) < 4.78 is 51.8. The Morgan fingerprint density at radius 1 is 1.16 bits per heavy atom. The van der Waals surface area contributed by atoms with Crippen LogP contribution >= 0.6 is 11.6 Å². The van der Waals surface area contributed by atoms with Crippen molar-refractivity contribution in [2.45, 2.75) is 57.2 Å². The van der Waals surface area contributed by atoms with Gasteiger partial charge in [-0.2, -0.15) is 13.2 Å². The van der Waals surface area contributed by atoms with Crippen molar-refractivity contribution >= 4 is 29.5 Å². The van der Waals surface area contributed by atoms with Crippen molar-refractivity contribution in [1.82, 2.24) is 9.80 Å². The number of anilines is 1. The lowest BCUT2D eigenvalue weighted by molar-refractivity contribution is -0.137. The van der Waals surface area contributed by atoms with Crippen LogP contribution < -0.4 is 4.90 Å². The highest BCUT2D eigenvalue weighted by Gasteiger charge is 2.46. The molecule has 0 radical (unpaired) electrons. The lowest BCUT2D eigenvalue weighted by Crippen LogP contribution is -2.43. The lowest BCUT2D eigenvalue weighted by Gasteiger charge is -2.30. The van der Waals surface area contributed by atoms with E-state index in [9.17, 15) is 22.8 Å². The SMILES string of the molecule is CN(C(=O)OC(C)(C)C)C1CCN(C[C@@H]2OC(=O)N(c3ccc(Cl)cc3)[C@H]2c2cccc(C(F)(F)F)c2)C1. The first kappa shape index (κ1) is 28.0. The van der Waals surface area contributed by atoms with E-state index < -0.39 is 41.7 Å². The van der Waals surface area contributed by atoms with Crippen LogP contribution in [0.2, 0.25) is 5.02 Å². The van der Waals surface area contributed by atoms with Gasteiger partial charge in [0.15, 0.2) is 0 Å². The van der Waals surface area contributed by atoms with Crippen LogP contribution in [0.3, 0.4) is 0 Å². The number of benzene rings is 2. The molecule has 2 aromatic carbocycles. The van der Waals surface area contributed by atoms with Crippen LogP contribution in [-0.2, 0) is 15.7 Å².